The summed E-state index contributed by atoms with van der Waals surface area (Å²) >= 11 is 0. The van der Waals surface area contributed by atoms with Crippen LogP contribution in [0.4, 0.5) is 0 Å². The fourth-order valence-corrected chi connectivity index (χ4v) is 1.98. The molecule has 0 aromatic carbocycles. The van der Waals surface area contributed by atoms with Gasteiger partial charge in [0, 0.05) is 31.1 Å². The Morgan fingerprint density at radius 3 is 2.85 bits per heavy atom. The molecule has 74 valence electrons. The van der Waals surface area contributed by atoms with Gasteiger partial charge in [0.1, 0.15) is 0 Å². The van der Waals surface area contributed by atoms with E-state index in [1.54, 1.807) is 18.8 Å². The Morgan fingerprint density at radius 2 is 2.46 bits per heavy atom. The van der Waals surface area contributed by atoms with Crippen LogP contribution in [-0.4, -0.2) is 41.6 Å². The van der Waals surface area contributed by atoms with Gasteiger partial charge in [0.2, 0.25) is 0 Å². The van der Waals surface area contributed by atoms with Gasteiger partial charge in [-0.3, -0.25) is 0 Å². The summed E-state index contributed by atoms with van der Waals surface area (Å²) in [5.41, 5.74) is -0.416. The molecule has 0 aromatic rings. The zero-order chi connectivity index (χ0) is 8.77. The molecule has 0 saturated carbocycles. The molecule has 13 heavy (non-hydrogen) atoms. The summed E-state index contributed by atoms with van der Waals surface area (Å²) < 4.78 is 5.44. The van der Waals surface area contributed by atoms with Crippen molar-refractivity contribution in [3.05, 3.63) is 6.61 Å². The Hall–Kier alpha value is 0.892. The number of nitrogens with zero attached hydrogens (tertiary/aromatic N) is 1. The molecular formula is C8H14NO3U-. The average Bonchev–Trinajstić information content (AvgIpc) is 2.58. The van der Waals surface area contributed by atoms with E-state index in [0.717, 1.165) is 6.42 Å². The van der Waals surface area contributed by atoms with E-state index in [1.165, 1.54) is 0 Å². The van der Waals surface area contributed by atoms with Crippen molar-refractivity contribution in [2.24, 2.45) is 0 Å². The first-order chi connectivity index (χ1) is 5.73. The Kier molecular flexibility index (Phi) is 3.84. The fraction of sp³-hybridized carbons (Fsp3) is 0.875. The zero-order valence-electron chi connectivity index (χ0n) is 7.86. The molecule has 2 aliphatic rings. The van der Waals surface area contributed by atoms with Crippen LogP contribution in [0.3, 0.4) is 0 Å². The molecule has 0 unspecified atom stereocenters. The standard InChI is InChI=1S/C8H14NO3.U/c1-3-8-5-9(11-2)6(4-12-8)7(8)10;/h4,6-7,10H,3,5H2,1-2H3;/q-1;/t6-,7-,8-;/m0./s1. The molecule has 0 amide bonds. The molecule has 2 fully saturated rings. The summed E-state index contributed by atoms with van der Waals surface area (Å²) in [6.07, 6.45) is 0.364. The molecule has 0 aliphatic carbocycles. The van der Waals surface area contributed by atoms with Crippen molar-refractivity contribution in [2.45, 2.75) is 31.1 Å². The molecule has 2 bridgehead atoms. The van der Waals surface area contributed by atoms with E-state index in [-0.39, 0.29) is 37.2 Å². The first kappa shape index (κ1) is 12.0. The van der Waals surface area contributed by atoms with E-state index >= 15 is 0 Å². The number of morpholine rings is 1. The molecule has 0 aromatic heterocycles. The third-order valence-electron chi connectivity index (χ3n) is 2.89. The van der Waals surface area contributed by atoms with E-state index in [0.29, 0.717) is 6.54 Å². The molecule has 0 radical (unpaired) electrons. The zero-order valence-corrected chi connectivity index (χ0v) is 12.0. The fourth-order valence-electron chi connectivity index (χ4n) is 1.98. The van der Waals surface area contributed by atoms with Crippen molar-refractivity contribution < 1.29 is 45.8 Å². The summed E-state index contributed by atoms with van der Waals surface area (Å²) in [6.45, 7) is 4.34. The average molecular weight is 410 g/mol. The molecule has 2 rings (SSSR count). The third kappa shape index (κ3) is 1.60. The van der Waals surface area contributed by atoms with Crippen molar-refractivity contribution in [1.82, 2.24) is 5.06 Å². The summed E-state index contributed by atoms with van der Waals surface area (Å²) in [5.74, 6) is 0. The van der Waals surface area contributed by atoms with Crippen LogP contribution in [0.25, 0.3) is 0 Å². The minimum atomic E-state index is -0.442. The molecule has 4 nitrogen and oxygen atoms in total. The van der Waals surface area contributed by atoms with Crippen molar-refractivity contribution in [1.29, 1.82) is 0 Å². The normalized spacial score (nSPS) is 43.6. The number of fused-ring (bicyclic) bond motifs is 2. The number of aliphatic hydroxyl groups is 1. The Balaban J connectivity index is 0.000000845. The summed E-state index contributed by atoms with van der Waals surface area (Å²) in [7, 11) is 1.62. The molecule has 3 atom stereocenters. The van der Waals surface area contributed by atoms with Crippen LogP contribution in [0.2, 0.25) is 0 Å². The van der Waals surface area contributed by atoms with E-state index < -0.39 is 11.7 Å². The number of hydrogen-bond acceptors (Lipinski definition) is 4. The Bertz CT molecular complexity index is 192. The van der Waals surface area contributed by atoms with Crippen LogP contribution in [0.15, 0.2) is 0 Å². The van der Waals surface area contributed by atoms with Gasteiger partial charge in [-0.1, -0.05) is 6.92 Å². The Morgan fingerprint density at radius 1 is 1.77 bits per heavy atom. The molecule has 0 spiro atoms. The number of aliphatic hydroxyl groups excluding tert-OH is 1. The van der Waals surface area contributed by atoms with Gasteiger partial charge in [0.15, 0.2) is 0 Å². The quantitative estimate of drug-likeness (QED) is 0.648. The first-order valence-corrected chi connectivity index (χ1v) is 4.23. The van der Waals surface area contributed by atoms with Crippen LogP contribution < -0.4 is 0 Å². The first-order valence-electron chi connectivity index (χ1n) is 4.23. The van der Waals surface area contributed by atoms with E-state index in [1.807, 2.05) is 6.92 Å². The monoisotopic (exact) mass is 410 g/mol. The van der Waals surface area contributed by atoms with Crippen LogP contribution in [0.5, 0.6) is 0 Å². The van der Waals surface area contributed by atoms with E-state index in [9.17, 15) is 5.11 Å². The molecule has 1 N–H and O–H groups in total. The van der Waals surface area contributed by atoms with Crippen LogP contribution in [-0.2, 0) is 9.57 Å². The van der Waals surface area contributed by atoms with Crippen molar-refractivity contribution >= 4 is 0 Å². The SMILES string of the molecule is CC[C@@]12CN(OC)[C@@H]([CH-]O1)[C@@H]2O.[U]. The van der Waals surface area contributed by atoms with Crippen LogP contribution >= 0.6 is 0 Å². The van der Waals surface area contributed by atoms with Gasteiger partial charge in [-0.15, -0.1) is 0 Å². The van der Waals surface area contributed by atoms with Gasteiger partial charge < -0.3 is 14.7 Å². The number of ether oxygens (including phenoxy) is 1. The largest absolute Gasteiger partial charge is 0.543 e. The van der Waals surface area contributed by atoms with Gasteiger partial charge in [-0.05, 0) is 12.5 Å². The van der Waals surface area contributed by atoms with Crippen molar-refractivity contribution in [3.63, 3.8) is 0 Å². The smallest absolute Gasteiger partial charge is 0.0754 e. The van der Waals surface area contributed by atoms with E-state index in [4.69, 9.17) is 9.57 Å². The van der Waals surface area contributed by atoms with Gasteiger partial charge in [-0.25, -0.2) is 5.06 Å². The molecule has 2 saturated heterocycles. The van der Waals surface area contributed by atoms with Crippen molar-refractivity contribution in [3.8, 4) is 0 Å². The summed E-state index contributed by atoms with van der Waals surface area (Å²) in [4.78, 5) is 5.10. The van der Waals surface area contributed by atoms with Gasteiger partial charge >= 0.3 is 0 Å². The van der Waals surface area contributed by atoms with Crippen LogP contribution in [0, 0.1) is 37.7 Å². The third-order valence-corrected chi connectivity index (χ3v) is 2.89. The predicted molar refractivity (Wildman–Crippen MR) is 41.9 cm³/mol. The maximum atomic E-state index is 9.80. The Labute approximate surface area is 102 Å². The molecule has 5 heteroatoms. The number of hydroxylamine groups is 2. The van der Waals surface area contributed by atoms with Crippen LogP contribution in [0.1, 0.15) is 13.3 Å². The van der Waals surface area contributed by atoms with E-state index in [2.05, 4.69) is 0 Å². The van der Waals surface area contributed by atoms with Gasteiger partial charge in [0.05, 0.1) is 25.4 Å². The topological polar surface area (TPSA) is 41.9 Å². The second kappa shape index (κ2) is 4.18. The van der Waals surface area contributed by atoms with Crippen molar-refractivity contribution in [2.75, 3.05) is 13.7 Å². The summed E-state index contributed by atoms with van der Waals surface area (Å²) in [5, 5.41) is 11.6. The second-order valence-electron chi connectivity index (χ2n) is 3.37. The molecular weight excluding hydrogens is 396 g/mol. The number of rotatable bonds is 2. The van der Waals surface area contributed by atoms with Gasteiger partial charge in [-0.2, -0.15) is 6.61 Å². The number of hydrogen-bond donors (Lipinski definition) is 1. The molecule has 2 aliphatic heterocycles. The summed E-state index contributed by atoms with van der Waals surface area (Å²) in [6, 6.07) is -0.0880. The minimum Gasteiger partial charge on any atom is -0.543 e. The molecule has 2 heterocycles. The maximum absolute atomic E-state index is 9.80. The van der Waals surface area contributed by atoms with Gasteiger partial charge in [0.25, 0.3) is 0 Å². The second-order valence-corrected chi connectivity index (χ2v) is 3.37. The maximum Gasteiger partial charge on any atom is 0.0754 e. The minimum absolute atomic E-state index is 0. The predicted octanol–water partition coefficient (Wildman–Crippen LogP) is -0.0663.